The van der Waals surface area contributed by atoms with Gasteiger partial charge in [0, 0.05) is 19.1 Å². The lowest BCUT2D eigenvalue weighted by molar-refractivity contribution is -0.138. The monoisotopic (exact) mass is 513 g/mol. The van der Waals surface area contributed by atoms with E-state index in [1.54, 1.807) is 4.90 Å². The van der Waals surface area contributed by atoms with E-state index in [1.807, 2.05) is 13.8 Å². The van der Waals surface area contributed by atoms with Crippen LogP contribution >= 0.6 is 0 Å². The Kier molecular flexibility index (Phi) is 8.44. The van der Waals surface area contributed by atoms with Gasteiger partial charge in [-0.1, -0.05) is 43.3 Å². The summed E-state index contributed by atoms with van der Waals surface area (Å²) in [6.07, 6.45) is -7.21. The molecular formula is C25H25F6N3O2. The third kappa shape index (κ3) is 7.58. The zero-order chi connectivity index (χ0) is 26.5. The first-order chi connectivity index (χ1) is 16.8. The Morgan fingerprint density at radius 2 is 1.47 bits per heavy atom. The Morgan fingerprint density at radius 3 is 1.94 bits per heavy atom. The number of halogens is 6. The lowest BCUT2D eigenvalue weighted by Gasteiger charge is -2.22. The normalized spacial score (nSPS) is 13.1. The number of aromatic nitrogens is 1. The molecule has 0 aliphatic rings. The molecule has 36 heavy (non-hydrogen) atoms. The number of alkyl halides is 6. The van der Waals surface area contributed by atoms with Gasteiger partial charge in [0.25, 0.3) is 5.91 Å². The van der Waals surface area contributed by atoms with E-state index >= 15 is 0 Å². The standard InChI is InChI=1S/C25H25F6N3O2/c1-3-16(2)32-23(35)21-15-36-22(33-21)14-34(12-17-6-4-8-19(10-17)24(26,27)28)13-18-7-5-9-20(11-18)25(29,30)31/h4-11,15-16H,3,12-14H2,1-2H3,(H,32,35)/t16-/m1/s1. The fourth-order valence-corrected chi connectivity index (χ4v) is 3.46. The van der Waals surface area contributed by atoms with Gasteiger partial charge in [-0.3, -0.25) is 9.69 Å². The Bertz CT molecular complexity index is 1110. The third-order valence-electron chi connectivity index (χ3n) is 5.45. The van der Waals surface area contributed by atoms with E-state index in [0.29, 0.717) is 17.5 Å². The molecule has 0 spiro atoms. The maximum Gasteiger partial charge on any atom is 0.416 e. The molecule has 0 saturated carbocycles. The van der Waals surface area contributed by atoms with Crippen molar-refractivity contribution in [3.63, 3.8) is 0 Å². The van der Waals surface area contributed by atoms with Gasteiger partial charge in [-0.2, -0.15) is 26.3 Å². The highest BCUT2D eigenvalue weighted by Gasteiger charge is 2.31. The summed E-state index contributed by atoms with van der Waals surface area (Å²) >= 11 is 0. The second-order valence-electron chi connectivity index (χ2n) is 8.45. The van der Waals surface area contributed by atoms with E-state index in [9.17, 15) is 31.1 Å². The summed E-state index contributed by atoms with van der Waals surface area (Å²) in [4.78, 5) is 18.0. The van der Waals surface area contributed by atoms with Crippen LogP contribution < -0.4 is 5.32 Å². The Hall–Kier alpha value is -3.34. The lowest BCUT2D eigenvalue weighted by Crippen LogP contribution is -2.32. The Morgan fingerprint density at radius 1 is 0.944 bits per heavy atom. The molecular weight excluding hydrogens is 488 g/mol. The Balaban J connectivity index is 1.85. The predicted molar refractivity (Wildman–Crippen MR) is 120 cm³/mol. The first-order valence-corrected chi connectivity index (χ1v) is 11.1. The summed E-state index contributed by atoms with van der Waals surface area (Å²) in [5.74, 6) is -0.343. The molecule has 1 heterocycles. The van der Waals surface area contributed by atoms with E-state index in [0.717, 1.165) is 24.3 Å². The van der Waals surface area contributed by atoms with Gasteiger partial charge in [0.2, 0.25) is 5.89 Å². The van der Waals surface area contributed by atoms with Gasteiger partial charge in [0.05, 0.1) is 17.7 Å². The minimum absolute atomic E-state index is 0.0308. The minimum Gasteiger partial charge on any atom is -0.447 e. The Labute approximate surface area is 204 Å². The van der Waals surface area contributed by atoms with Gasteiger partial charge in [-0.05, 0) is 36.6 Å². The molecule has 0 unspecified atom stereocenters. The van der Waals surface area contributed by atoms with Crippen LogP contribution in [0.5, 0.6) is 0 Å². The molecule has 2 aromatic carbocycles. The van der Waals surface area contributed by atoms with Crippen molar-refractivity contribution in [3.8, 4) is 0 Å². The first-order valence-electron chi connectivity index (χ1n) is 11.1. The molecule has 0 bridgehead atoms. The molecule has 0 aliphatic carbocycles. The second kappa shape index (κ2) is 11.2. The van der Waals surface area contributed by atoms with Gasteiger partial charge < -0.3 is 9.73 Å². The number of benzene rings is 2. The summed E-state index contributed by atoms with van der Waals surface area (Å²) in [5, 5.41) is 2.74. The van der Waals surface area contributed by atoms with Crippen LogP contribution in [0.2, 0.25) is 0 Å². The maximum absolute atomic E-state index is 13.2. The third-order valence-corrected chi connectivity index (χ3v) is 5.45. The fraction of sp³-hybridized carbons (Fsp3) is 0.360. The molecule has 3 rings (SSSR count). The van der Waals surface area contributed by atoms with Crippen LogP contribution in [-0.4, -0.2) is 21.8 Å². The van der Waals surface area contributed by atoms with Crippen LogP contribution in [0.1, 0.15) is 58.9 Å². The summed E-state index contributed by atoms with van der Waals surface area (Å²) in [6, 6.07) is 9.29. The molecule has 5 nitrogen and oxygen atoms in total. The predicted octanol–water partition coefficient (Wildman–Crippen LogP) is 6.44. The van der Waals surface area contributed by atoms with Crippen molar-refractivity contribution in [2.75, 3.05) is 0 Å². The lowest BCUT2D eigenvalue weighted by atomic mass is 10.1. The number of carbonyl (C=O) groups is 1. The van der Waals surface area contributed by atoms with Gasteiger partial charge in [-0.25, -0.2) is 4.98 Å². The van der Waals surface area contributed by atoms with Crippen LogP contribution in [0.15, 0.2) is 59.2 Å². The van der Waals surface area contributed by atoms with Crippen molar-refractivity contribution >= 4 is 5.91 Å². The minimum atomic E-state index is -4.54. The molecule has 1 N–H and O–H groups in total. The van der Waals surface area contributed by atoms with Crippen LogP contribution in [0.4, 0.5) is 26.3 Å². The van der Waals surface area contributed by atoms with Crippen molar-refractivity contribution in [1.82, 2.24) is 15.2 Å². The molecule has 0 radical (unpaired) electrons. The van der Waals surface area contributed by atoms with Gasteiger partial charge in [-0.15, -0.1) is 0 Å². The van der Waals surface area contributed by atoms with Crippen LogP contribution in [0, 0.1) is 0 Å². The van der Waals surface area contributed by atoms with E-state index < -0.39 is 29.4 Å². The highest BCUT2D eigenvalue weighted by Crippen LogP contribution is 2.31. The molecule has 194 valence electrons. The fourth-order valence-electron chi connectivity index (χ4n) is 3.46. The molecule has 0 fully saturated rings. The number of carbonyl (C=O) groups excluding carboxylic acids is 1. The van der Waals surface area contributed by atoms with Gasteiger partial charge >= 0.3 is 12.4 Å². The highest BCUT2D eigenvalue weighted by atomic mass is 19.4. The maximum atomic E-state index is 13.2. The first kappa shape index (κ1) is 27.3. The van der Waals surface area contributed by atoms with Crippen molar-refractivity contribution in [2.24, 2.45) is 0 Å². The summed E-state index contributed by atoms with van der Waals surface area (Å²) < 4.78 is 84.4. The zero-order valence-electron chi connectivity index (χ0n) is 19.6. The smallest absolute Gasteiger partial charge is 0.416 e. The quantitative estimate of drug-likeness (QED) is 0.335. The number of amides is 1. The number of rotatable bonds is 9. The molecule has 0 saturated heterocycles. The summed E-state index contributed by atoms with van der Waals surface area (Å²) in [5.41, 5.74) is -1.03. The SMILES string of the molecule is CC[C@@H](C)NC(=O)c1coc(CN(Cc2cccc(C(F)(F)F)c2)Cc2cccc(C(F)(F)F)c2)n1. The van der Waals surface area contributed by atoms with Crippen LogP contribution in [0.3, 0.4) is 0 Å². The van der Waals surface area contributed by atoms with Crippen molar-refractivity contribution in [1.29, 1.82) is 0 Å². The number of nitrogens with one attached hydrogen (secondary N) is 1. The molecule has 1 atom stereocenters. The molecule has 11 heteroatoms. The zero-order valence-corrected chi connectivity index (χ0v) is 19.6. The number of hydrogen-bond donors (Lipinski definition) is 1. The second-order valence-corrected chi connectivity index (χ2v) is 8.45. The molecule has 1 amide bonds. The molecule has 1 aromatic heterocycles. The van der Waals surface area contributed by atoms with E-state index in [2.05, 4.69) is 10.3 Å². The largest absolute Gasteiger partial charge is 0.447 e. The van der Waals surface area contributed by atoms with Crippen molar-refractivity contribution < 1.29 is 35.6 Å². The highest BCUT2D eigenvalue weighted by molar-refractivity contribution is 5.92. The van der Waals surface area contributed by atoms with Crippen molar-refractivity contribution in [3.05, 3.63) is 88.6 Å². The topological polar surface area (TPSA) is 58.4 Å². The van der Waals surface area contributed by atoms with Crippen LogP contribution in [-0.2, 0) is 32.0 Å². The van der Waals surface area contributed by atoms with Gasteiger partial charge in [0.1, 0.15) is 6.26 Å². The average Bonchev–Trinajstić information content (AvgIpc) is 3.27. The summed E-state index contributed by atoms with van der Waals surface area (Å²) in [6.45, 7) is 3.61. The number of hydrogen-bond acceptors (Lipinski definition) is 4. The van der Waals surface area contributed by atoms with E-state index in [1.165, 1.54) is 30.5 Å². The van der Waals surface area contributed by atoms with Gasteiger partial charge in [0.15, 0.2) is 5.69 Å². The van der Waals surface area contributed by atoms with Crippen molar-refractivity contribution in [2.45, 2.75) is 58.3 Å². The average molecular weight is 513 g/mol. The van der Waals surface area contributed by atoms with Crippen LogP contribution in [0.25, 0.3) is 0 Å². The van der Waals surface area contributed by atoms with E-state index in [4.69, 9.17) is 4.42 Å². The molecule has 0 aliphatic heterocycles. The number of nitrogens with zero attached hydrogens (tertiary/aromatic N) is 2. The summed E-state index contributed by atoms with van der Waals surface area (Å²) in [7, 11) is 0. The number of oxazole rings is 1. The molecule has 3 aromatic rings. The van der Waals surface area contributed by atoms with E-state index in [-0.39, 0.29) is 37.3 Å².